The van der Waals surface area contributed by atoms with Gasteiger partial charge in [-0.2, -0.15) is 0 Å². The van der Waals surface area contributed by atoms with Crippen LogP contribution in [0.4, 0.5) is 0 Å². The molecule has 0 aromatic rings. The van der Waals surface area contributed by atoms with Crippen molar-refractivity contribution in [3.8, 4) is 0 Å². The minimum Gasteiger partial charge on any atom is -0.330 e. The Kier molecular flexibility index (Phi) is 17.2. The summed E-state index contributed by atoms with van der Waals surface area (Å²) in [7, 11) is 0. The van der Waals surface area contributed by atoms with Gasteiger partial charge in [-0.1, -0.05) is 102 Å². The quantitative estimate of drug-likeness (QED) is 0.127. The Morgan fingerprint density at radius 1 is 0.800 bits per heavy atom. The van der Waals surface area contributed by atoms with Crippen molar-refractivity contribution in [3.05, 3.63) is 36.5 Å². The highest BCUT2D eigenvalue weighted by molar-refractivity contribution is 5.04. The van der Waals surface area contributed by atoms with Crippen molar-refractivity contribution in [3.63, 3.8) is 0 Å². The van der Waals surface area contributed by atoms with Crippen LogP contribution >= 0.6 is 0 Å². The molecule has 0 saturated heterocycles. The molecule has 0 bridgehead atoms. The molecule has 1 nitrogen and oxygen atoms in total. The molecule has 2 atom stereocenters. The fourth-order valence-electron chi connectivity index (χ4n) is 5.14. The molecule has 1 saturated carbocycles. The Hall–Kier alpha value is -0.820. The zero-order valence-electron chi connectivity index (χ0n) is 20.6. The second-order valence-electron chi connectivity index (χ2n) is 9.76. The summed E-state index contributed by atoms with van der Waals surface area (Å²) < 4.78 is 0. The van der Waals surface area contributed by atoms with Crippen molar-refractivity contribution in [2.75, 3.05) is 6.54 Å². The lowest BCUT2D eigenvalue weighted by Gasteiger charge is -2.28. The molecule has 1 heteroatoms. The lowest BCUT2D eigenvalue weighted by atomic mass is 9.77. The van der Waals surface area contributed by atoms with Gasteiger partial charge in [0.1, 0.15) is 0 Å². The first kappa shape index (κ1) is 27.2. The minimum atomic E-state index is 0.661. The van der Waals surface area contributed by atoms with Gasteiger partial charge in [0.25, 0.3) is 0 Å². The Balaban J connectivity index is 1.95. The van der Waals surface area contributed by atoms with Crippen LogP contribution in [0, 0.1) is 11.3 Å². The minimum absolute atomic E-state index is 0.661. The van der Waals surface area contributed by atoms with Gasteiger partial charge < -0.3 is 5.73 Å². The molecule has 0 radical (unpaired) electrons. The van der Waals surface area contributed by atoms with Gasteiger partial charge in [-0.3, -0.25) is 0 Å². The molecule has 0 spiro atoms. The summed E-state index contributed by atoms with van der Waals surface area (Å²) in [5.41, 5.74) is 6.43. The normalized spacial score (nSPS) is 22.3. The second-order valence-corrected chi connectivity index (χ2v) is 9.76. The van der Waals surface area contributed by atoms with Crippen LogP contribution in [0.5, 0.6) is 0 Å². The van der Waals surface area contributed by atoms with E-state index in [2.05, 4.69) is 50.3 Å². The van der Waals surface area contributed by atoms with Gasteiger partial charge in [0.05, 0.1) is 0 Å². The summed E-state index contributed by atoms with van der Waals surface area (Å²) in [4.78, 5) is 0. The van der Waals surface area contributed by atoms with Crippen molar-refractivity contribution in [2.24, 2.45) is 17.1 Å². The van der Waals surface area contributed by atoms with Gasteiger partial charge >= 0.3 is 0 Å². The molecule has 1 fully saturated rings. The maximum Gasteiger partial charge on any atom is -0.00746 e. The van der Waals surface area contributed by atoms with Crippen molar-refractivity contribution >= 4 is 0 Å². The first-order valence-electron chi connectivity index (χ1n) is 13.4. The second kappa shape index (κ2) is 18.9. The van der Waals surface area contributed by atoms with E-state index in [-0.39, 0.29) is 0 Å². The van der Waals surface area contributed by atoms with Crippen molar-refractivity contribution in [1.29, 1.82) is 0 Å². The first-order valence-corrected chi connectivity index (χ1v) is 13.4. The molecule has 0 aliphatic heterocycles. The fraction of sp³-hybridized carbons (Fsp3) is 0.793. The molecule has 1 aliphatic rings. The maximum absolute atomic E-state index is 5.77. The number of hydrogen-bond donors (Lipinski definition) is 1. The summed E-state index contributed by atoms with van der Waals surface area (Å²) in [6.07, 6.45) is 38.2. The molecule has 0 heterocycles. The molecule has 1 rings (SSSR count). The molecule has 2 unspecified atom stereocenters. The van der Waals surface area contributed by atoms with Gasteiger partial charge in [-0.15, -0.1) is 0 Å². The number of unbranched alkanes of at least 4 members (excludes halogenated alkanes) is 9. The monoisotopic (exact) mass is 415 g/mol. The van der Waals surface area contributed by atoms with Crippen LogP contribution in [-0.4, -0.2) is 6.54 Å². The van der Waals surface area contributed by atoms with Gasteiger partial charge in [0.15, 0.2) is 0 Å². The topological polar surface area (TPSA) is 26.0 Å². The van der Waals surface area contributed by atoms with E-state index in [9.17, 15) is 0 Å². The van der Waals surface area contributed by atoms with Crippen LogP contribution < -0.4 is 5.73 Å². The van der Waals surface area contributed by atoms with Crippen molar-refractivity contribution < 1.29 is 0 Å². The number of allylic oxidation sites excluding steroid dienone is 6. The molecular weight excluding hydrogens is 362 g/mol. The largest absolute Gasteiger partial charge is 0.330 e. The van der Waals surface area contributed by atoms with Crippen molar-refractivity contribution in [2.45, 2.75) is 129 Å². The highest BCUT2D eigenvalue weighted by Gasteiger charge is 2.36. The average Bonchev–Trinajstić information content (AvgIpc) is 3.16. The molecule has 0 aromatic heterocycles. The van der Waals surface area contributed by atoms with Gasteiger partial charge in [-0.05, 0) is 82.1 Å². The molecule has 0 aromatic carbocycles. The summed E-state index contributed by atoms with van der Waals surface area (Å²) in [5.74, 6) is 0.916. The van der Waals surface area contributed by atoms with E-state index in [4.69, 9.17) is 5.73 Å². The Morgan fingerprint density at radius 2 is 1.50 bits per heavy atom. The van der Waals surface area contributed by atoms with E-state index in [1.807, 2.05) is 0 Å². The Morgan fingerprint density at radius 3 is 2.23 bits per heavy atom. The predicted molar refractivity (Wildman–Crippen MR) is 137 cm³/mol. The first-order chi connectivity index (χ1) is 14.8. The number of hydrogen-bond acceptors (Lipinski definition) is 1. The van der Waals surface area contributed by atoms with E-state index in [1.165, 1.54) is 109 Å². The lowest BCUT2D eigenvalue weighted by molar-refractivity contribution is 0.237. The van der Waals surface area contributed by atoms with E-state index in [1.54, 1.807) is 0 Å². The molecule has 1 aliphatic carbocycles. The lowest BCUT2D eigenvalue weighted by Crippen LogP contribution is -2.16. The third kappa shape index (κ3) is 13.5. The van der Waals surface area contributed by atoms with Crippen molar-refractivity contribution in [1.82, 2.24) is 0 Å². The Bertz CT molecular complexity index is 461. The van der Waals surface area contributed by atoms with Gasteiger partial charge in [-0.25, -0.2) is 0 Å². The zero-order chi connectivity index (χ0) is 21.8. The fourth-order valence-corrected chi connectivity index (χ4v) is 5.14. The molecule has 0 amide bonds. The summed E-state index contributed by atoms with van der Waals surface area (Å²) in [6, 6.07) is 0. The van der Waals surface area contributed by atoms with E-state index >= 15 is 0 Å². The predicted octanol–water partition coefficient (Wildman–Crippen LogP) is 9.29. The highest BCUT2D eigenvalue weighted by atomic mass is 14.5. The van der Waals surface area contributed by atoms with Crippen LogP contribution in [0.1, 0.15) is 129 Å². The van der Waals surface area contributed by atoms with E-state index < -0.39 is 0 Å². The SMILES string of the molecule is CCCCCCC/C=C\C/C=C\C=C\CCCCCCC1(CC)CCC(CCN)C1. The van der Waals surface area contributed by atoms with Crippen LogP contribution in [0.2, 0.25) is 0 Å². The summed E-state index contributed by atoms with van der Waals surface area (Å²) in [6.45, 7) is 5.57. The molecular formula is C29H53N. The van der Waals surface area contributed by atoms with Crippen LogP contribution in [0.15, 0.2) is 36.5 Å². The van der Waals surface area contributed by atoms with Crippen LogP contribution in [0.25, 0.3) is 0 Å². The zero-order valence-corrected chi connectivity index (χ0v) is 20.6. The summed E-state index contributed by atoms with van der Waals surface area (Å²) in [5, 5.41) is 0. The summed E-state index contributed by atoms with van der Waals surface area (Å²) >= 11 is 0. The number of nitrogens with two attached hydrogens (primary N) is 1. The van der Waals surface area contributed by atoms with Crippen LogP contribution in [-0.2, 0) is 0 Å². The maximum atomic E-state index is 5.77. The average molecular weight is 416 g/mol. The highest BCUT2D eigenvalue weighted by Crippen LogP contribution is 2.48. The molecule has 2 N–H and O–H groups in total. The van der Waals surface area contributed by atoms with Crippen LogP contribution in [0.3, 0.4) is 0 Å². The van der Waals surface area contributed by atoms with E-state index in [0.717, 1.165) is 18.9 Å². The Labute approximate surface area is 189 Å². The third-order valence-corrected chi connectivity index (χ3v) is 7.25. The standard InChI is InChI=1S/C29H53N/c1-3-5-6-7-8-9-10-11-12-13-14-15-16-17-18-19-20-21-24-29(4-2)25-22-28(27-29)23-26-30/h10-11,13-16,28H,3-9,12,17-27,30H2,1-2H3/b11-10-,14-13-,16-15+. The van der Waals surface area contributed by atoms with Gasteiger partial charge in [0, 0.05) is 0 Å². The van der Waals surface area contributed by atoms with Gasteiger partial charge in [0.2, 0.25) is 0 Å². The van der Waals surface area contributed by atoms with E-state index in [0.29, 0.717) is 5.41 Å². The molecule has 30 heavy (non-hydrogen) atoms. The third-order valence-electron chi connectivity index (χ3n) is 7.25. The smallest absolute Gasteiger partial charge is 0.00746 e. The molecule has 174 valence electrons. The number of rotatable bonds is 19.